The molecule has 3 aliphatic rings. The number of phenols is 1. The van der Waals surface area contributed by atoms with Crippen LogP contribution in [0.1, 0.15) is 69.7 Å². The lowest BCUT2D eigenvalue weighted by Crippen LogP contribution is -2.56. The molecule has 3 amide bonds. The van der Waals surface area contributed by atoms with Crippen molar-refractivity contribution in [2.75, 3.05) is 25.7 Å². The largest absolute Gasteiger partial charge is 0.508 e. The van der Waals surface area contributed by atoms with Gasteiger partial charge in [0.2, 0.25) is 11.8 Å². The van der Waals surface area contributed by atoms with Crippen molar-refractivity contribution in [3.63, 3.8) is 0 Å². The first kappa shape index (κ1) is 50.7. The first-order chi connectivity index (χ1) is 36.3. The maximum absolute atomic E-state index is 16.5. The van der Waals surface area contributed by atoms with Gasteiger partial charge in [0.25, 0.3) is 5.69 Å². The molecule has 3 heterocycles. The van der Waals surface area contributed by atoms with Gasteiger partial charge in [-0.1, -0.05) is 115 Å². The molecule has 18 nitrogen and oxygen atoms in total. The van der Waals surface area contributed by atoms with E-state index in [0.29, 0.717) is 27.8 Å². The number of rotatable bonds is 13. The summed E-state index contributed by atoms with van der Waals surface area (Å²) in [6.45, 7) is -0.836. The standard InChI is InChI=1S/C57H48N4O14/c1-72-52(65)42(53(66)73-2)20-12-13-34-23-30-44-43(31-34)57(55(68)59(44)56(69)74-33-35-21-26-40(27-22-35)61(70)71)46(51(64)58-32-45(63)36-14-6-3-7-15-36)48-54(67)75-49(38-18-10-5-11-19-38)47(37-16-8-4-9-17-37)60(48)50(57)39-24-28-41(62)29-25-39/h3-11,14-19,21-31,42,45-50,62-63H,20,32-33H2,1-2H3,(H,58,64)/t45-,46+,47+,48+,49-,50-,57+/m0/s1. The van der Waals surface area contributed by atoms with E-state index in [1.54, 1.807) is 89.8 Å². The molecule has 9 rings (SSSR count). The van der Waals surface area contributed by atoms with E-state index in [9.17, 15) is 34.7 Å². The maximum Gasteiger partial charge on any atom is 0.421 e. The Bertz CT molecular complexity index is 3200. The molecule has 0 unspecified atom stereocenters. The molecule has 0 aromatic heterocycles. The zero-order chi connectivity index (χ0) is 53.0. The smallest absolute Gasteiger partial charge is 0.421 e. The fourth-order valence-corrected chi connectivity index (χ4v) is 10.4. The Morgan fingerprint density at radius 1 is 0.787 bits per heavy atom. The van der Waals surface area contributed by atoms with Crippen molar-refractivity contribution >= 4 is 47.2 Å². The van der Waals surface area contributed by atoms with Crippen LogP contribution in [0.5, 0.6) is 5.75 Å². The van der Waals surface area contributed by atoms with Crippen LogP contribution in [0.15, 0.2) is 158 Å². The van der Waals surface area contributed by atoms with Gasteiger partial charge in [-0.2, -0.15) is 0 Å². The Morgan fingerprint density at radius 3 is 2.01 bits per heavy atom. The number of nitrogens with zero attached hydrogens (tertiary/aromatic N) is 3. The van der Waals surface area contributed by atoms with E-state index >= 15 is 14.4 Å². The van der Waals surface area contributed by atoms with Crippen molar-refractivity contribution in [2.45, 2.75) is 48.8 Å². The highest BCUT2D eigenvalue weighted by Gasteiger charge is 2.75. The summed E-state index contributed by atoms with van der Waals surface area (Å²) >= 11 is 0. The zero-order valence-electron chi connectivity index (χ0n) is 40.3. The highest BCUT2D eigenvalue weighted by Crippen LogP contribution is 2.66. The number of benzene rings is 6. The van der Waals surface area contributed by atoms with Crippen molar-refractivity contribution in [3.8, 4) is 17.6 Å². The average molecular weight is 1010 g/mol. The first-order valence-electron chi connectivity index (χ1n) is 23.7. The number of nitro groups is 1. The number of phenolic OH excluding ortho intramolecular Hbond substituents is 1. The normalized spacial score (nSPS) is 21.0. The van der Waals surface area contributed by atoms with E-state index in [-0.39, 0.29) is 41.2 Å². The minimum Gasteiger partial charge on any atom is -0.508 e. The number of aliphatic hydroxyl groups excluding tert-OH is 1. The topological polar surface area (TPSA) is 241 Å². The number of methoxy groups -OCH3 is 2. The van der Waals surface area contributed by atoms with Crippen LogP contribution >= 0.6 is 0 Å². The molecule has 75 heavy (non-hydrogen) atoms. The number of cyclic esters (lactones) is 1. The molecule has 6 aromatic carbocycles. The van der Waals surface area contributed by atoms with Gasteiger partial charge >= 0.3 is 24.0 Å². The number of non-ortho nitro benzene ring substituents is 1. The number of hydrogen-bond acceptors (Lipinski definition) is 15. The number of fused-ring (bicyclic) bond motifs is 3. The molecule has 0 bridgehead atoms. The number of nitrogens with one attached hydrogen (secondary N) is 1. The molecule has 0 radical (unpaired) electrons. The predicted octanol–water partition coefficient (Wildman–Crippen LogP) is 6.86. The highest BCUT2D eigenvalue weighted by molar-refractivity contribution is 6.23. The molecule has 18 heteroatoms. The number of anilines is 1. The third kappa shape index (κ3) is 9.53. The number of hydrogen-bond donors (Lipinski definition) is 3. The molecule has 2 saturated heterocycles. The summed E-state index contributed by atoms with van der Waals surface area (Å²) in [6.07, 6.45) is -3.86. The number of aromatic hydroxyl groups is 1. The van der Waals surface area contributed by atoms with Gasteiger partial charge in [-0.05, 0) is 75.8 Å². The van der Waals surface area contributed by atoms with E-state index in [2.05, 4.69) is 17.2 Å². The minimum absolute atomic E-state index is 0.0381. The summed E-state index contributed by atoms with van der Waals surface area (Å²) in [5.74, 6) is -2.10. The molecular formula is C57H48N4O14. The molecule has 3 aliphatic heterocycles. The van der Waals surface area contributed by atoms with Crippen LogP contribution in [0.25, 0.3) is 0 Å². The summed E-state index contributed by atoms with van der Waals surface area (Å²) in [4.78, 5) is 101. The van der Waals surface area contributed by atoms with Crippen molar-refractivity contribution < 1.29 is 62.9 Å². The van der Waals surface area contributed by atoms with Gasteiger partial charge in [0.1, 0.15) is 29.9 Å². The zero-order valence-corrected chi connectivity index (χ0v) is 40.3. The Balaban J connectivity index is 1.29. The van der Waals surface area contributed by atoms with Gasteiger partial charge in [-0.15, -0.1) is 0 Å². The lowest BCUT2D eigenvalue weighted by atomic mass is 9.65. The van der Waals surface area contributed by atoms with Crippen LogP contribution in [0.3, 0.4) is 0 Å². The molecule has 0 saturated carbocycles. The summed E-state index contributed by atoms with van der Waals surface area (Å²) in [6, 6.07) is 38.2. The van der Waals surface area contributed by atoms with E-state index in [1.807, 2.05) is 18.2 Å². The molecule has 1 spiro atoms. The number of imide groups is 1. The molecule has 3 N–H and O–H groups in total. The minimum atomic E-state index is -2.30. The summed E-state index contributed by atoms with van der Waals surface area (Å²) in [5, 5.41) is 36.5. The number of ether oxygens (including phenoxy) is 4. The molecule has 6 aromatic rings. The van der Waals surface area contributed by atoms with Gasteiger partial charge in [0.05, 0.1) is 48.9 Å². The first-order valence-corrected chi connectivity index (χ1v) is 23.7. The van der Waals surface area contributed by atoms with E-state index in [1.165, 1.54) is 54.6 Å². The van der Waals surface area contributed by atoms with E-state index < -0.39 is 94.9 Å². The molecule has 2 fully saturated rings. The van der Waals surface area contributed by atoms with Gasteiger partial charge in [-0.3, -0.25) is 39.0 Å². The van der Waals surface area contributed by atoms with Crippen LogP contribution in [0.4, 0.5) is 16.2 Å². The number of nitro benzene ring substituents is 1. The SMILES string of the molecule is COC(=O)C(CC#Cc1ccc2c(c1)[C@]1(C(=O)N2C(=O)OCc2ccc([N+](=O)[O-])cc2)[C@H](c2ccc(O)cc2)N2[C@H](c3ccccc3)[C@H](c3ccccc3)OC(=O)[C@H]2[C@@H]1C(=O)NC[C@H](O)c1ccccc1)C(=O)OC. The summed E-state index contributed by atoms with van der Waals surface area (Å²) < 4.78 is 22.0. The number of carbonyl (C=O) groups is 6. The lowest BCUT2D eigenvalue weighted by Gasteiger charge is -2.46. The summed E-state index contributed by atoms with van der Waals surface area (Å²) in [7, 11) is 2.22. The van der Waals surface area contributed by atoms with Crippen molar-refractivity contribution in [2.24, 2.45) is 11.8 Å². The molecular weight excluding hydrogens is 965 g/mol. The van der Waals surface area contributed by atoms with E-state index in [0.717, 1.165) is 19.1 Å². The number of morpholine rings is 1. The Kier molecular flexibility index (Phi) is 14.5. The second-order valence-corrected chi connectivity index (χ2v) is 18.0. The Hall–Kier alpha value is -9.18. The molecule has 0 aliphatic carbocycles. The van der Waals surface area contributed by atoms with Crippen molar-refractivity contribution in [1.29, 1.82) is 0 Å². The lowest BCUT2D eigenvalue weighted by molar-refractivity contribution is -0.384. The van der Waals surface area contributed by atoms with Crippen molar-refractivity contribution in [3.05, 3.63) is 207 Å². The predicted molar refractivity (Wildman–Crippen MR) is 267 cm³/mol. The van der Waals surface area contributed by atoms with Crippen LogP contribution in [-0.2, 0) is 54.9 Å². The van der Waals surface area contributed by atoms with Gasteiger partial charge < -0.3 is 34.5 Å². The van der Waals surface area contributed by atoms with Gasteiger partial charge in [-0.25, -0.2) is 9.69 Å². The second-order valence-electron chi connectivity index (χ2n) is 18.0. The average Bonchev–Trinajstić information content (AvgIpc) is 4.04. The van der Waals surface area contributed by atoms with Crippen LogP contribution in [0.2, 0.25) is 0 Å². The third-order valence-electron chi connectivity index (χ3n) is 13.8. The number of esters is 3. The Labute approximate surface area is 429 Å². The number of amides is 3. The van der Waals surface area contributed by atoms with Crippen molar-refractivity contribution in [1.82, 2.24) is 10.2 Å². The number of aliphatic hydroxyl groups is 1. The summed E-state index contributed by atoms with van der Waals surface area (Å²) in [5.41, 5.74) is -0.00615. The fourth-order valence-electron chi connectivity index (χ4n) is 10.4. The maximum atomic E-state index is 16.5. The molecule has 380 valence electrons. The fraction of sp³-hybridized carbons (Fsp3) is 0.228. The number of carbonyl (C=O) groups excluding carboxylic acids is 6. The highest BCUT2D eigenvalue weighted by atomic mass is 16.6. The molecule has 7 atom stereocenters. The monoisotopic (exact) mass is 1010 g/mol. The van der Waals surface area contributed by atoms with E-state index in [4.69, 9.17) is 18.9 Å². The third-order valence-corrected chi connectivity index (χ3v) is 13.8. The quantitative estimate of drug-likeness (QED) is 0.0267. The van der Waals surface area contributed by atoms with Gasteiger partial charge in [0, 0.05) is 30.7 Å². The van der Waals surface area contributed by atoms with Crippen LogP contribution in [-0.4, -0.2) is 82.7 Å². The Morgan fingerprint density at radius 2 is 1.40 bits per heavy atom. The van der Waals surface area contributed by atoms with Crippen LogP contribution < -0.4 is 10.2 Å². The second kappa shape index (κ2) is 21.5. The van der Waals surface area contributed by atoms with Crippen LogP contribution in [0, 0.1) is 33.8 Å². The van der Waals surface area contributed by atoms with Gasteiger partial charge in [0.15, 0.2) is 5.92 Å².